The maximum atomic E-state index is 11.3. The molecule has 0 radical (unpaired) electrons. The second kappa shape index (κ2) is 5.06. The SMILES string of the molecule is Cc1cccc(C(N)c2ccc3[nH]c(=O)[nH]c3c2)c1I. The van der Waals surface area contributed by atoms with Gasteiger partial charge in [0.2, 0.25) is 0 Å². The molecule has 0 spiro atoms. The first-order valence-electron chi connectivity index (χ1n) is 6.29. The average Bonchev–Trinajstić information content (AvgIpc) is 2.80. The van der Waals surface area contributed by atoms with Crippen LogP contribution in [0.15, 0.2) is 41.2 Å². The van der Waals surface area contributed by atoms with E-state index in [1.165, 1.54) is 9.13 Å². The zero-order valence-corrected chi connectivity index (χ0v) is 13.1. The van der Waals surface area contributed by atoms with Gasteiger partial charge in [0.1, 0.15) is 0 Å². The second-order valence-corrected chi connectivity index (χ2v) is 5.92. The standard InChI is InChI=1S/C15H14IN3O/c1-8-3-2-4-10(13(8)16)14(17)9-5-6-11-12(7-9)19-15(20)18-11/h2-7,14H,17H2,1H3,(H2,18,19,20). The van der Waals surface area contributed by atoms with Crippen LogP contribution in [0.4, 0.5) is 0 Å². The minimum Gasteiger partial charge on any atom is -0.320 e. The van der Waals surface area contributed by atoms with Crippen LogP contribution in [-0.4, -0.2) is 9.97 Å². The molecule has 0 saturated carbocycles. The predicted octanol–water partition coefficient (Wildman–Crippen LogP) is 2.82. The number of benzene rings is 2. The number of hydrogen-bond acceptors (Lipinski definition) is 2. The Morgan fingerprint density at radius 1 is 1.15 bits per heavy atom. The normalized spacial score (nSPS) is 12.8. The Morgan fingerprint density at radius 2 is 1.90 bits per heavy atom. The van der Waals surface area contributed by atoms with Crippen LogP contribution < -0.4 is 11.4 Å². The highest BCUT2D eigenvalue weighted by Crippen LogP contribution is 2.27. The summed E-state index contributed by atoms with van der Waals surface area (Å²) in [5.74, 6) is 0. The van der Waals surface area contributed by atoms with Crippen molar-refractivity contribution in [1.82, 2.24) is 9.97 Å². The van der Waals surface area contributed by atoms with Crippen LogP contribution in [-0.2, 0) is 0 Å². The summed E-state index contributed by atoms with van der Waals surface area (Å²) in [6.45, 7) is 2.07. The number of rotatable bonds is 2. The fourth-order valence-electron chi connectivity index (χ4n) is 2.33. The molecule has 20 heavy (non-hydrogen) atoms. The maximum Gasteiger partial charge on any atom is 0.323 e. The van der Waals surface area contributed by atoms with Gasteiger partial charge in [-0.3, -0.25) is 0 Å². The summed E-state index contributed by atoms with van der Waals surface area (Å²) in [5, 5.41) is 0. The number of hydrogen-bond donors (Lipinski definition) is 3. The first-order chi connectivity index (χ1) is 9.56. The molecular weight excluding hydrogens is 365 g/mol. The summed E-state index contributed by atoms with van der Waals surface area (Å²) in [7, 11) is 0. The molecule has 2 aromatic carbocycles. The van der Waals surface area contributed by atoms with Crippen molar-refractivity contribution in [2.75, 3.05) is 0 Å². The zero-order valence-electron chi connectivity index (χ0n) is 10.9. The monoisotopic (exact) mass is 379 g/mol. The molecule has 0 amide bonds. The summed E-state index contributed by atoms with van der Waals surface area (Å²) < 4.78 is 1.18. The molecule has 1 aromatic heterocycles. The molecule has 1 heterocycles. The van der Waals surface area contributed by atoms with Crippen molar-refractivity contribution in [2.45, 2.75) is 13.0 Å². The van der Waals surface area contributed by atoms with E-state index < -0.39 is 0 Å². The number of imidazole rings is 1. The molecule has 4 N–H and O–H groups in total. The van der Waals surface area contributed by atoms with Crippen LogP contribution >= 0.6 is 22.6 Å². The Labute approximate surface area is 129 Å². The Bertz CT molecular complexity index is 834. The highest BCUT2D eigenvalue weighted by molar-refractivity contribution is 14.1. The van der Waals surface area contributed by atoms with Gasteiger partial charge in [-0.2, -0.15) is 0 Å². The van der Waals surface area contributed by atoms with Crippen molar-refractivity contribution >= 4 is 33.6 Å². The first-order valence-corrected chi connectivity index (χ1v) is 7.36. The summed E-state index contributed by atoms with van der Waals surface area (Å²) in [6.07, 6.45) is 0. The molecule has 0 fully saturated rings. The van der Waals surface area contributed by atoms with Gasteiger partial charge in [-0.1, -0.05) is 24.3 Å². The molecule has 3 rings (SSSR count). The Morgan fingerprint density at radius 3 is 2.70 bits per heavy atom. The summed E-state index contributed by atoms with van der Waals surface area (Å²) >= 11 is 2.33. The third kappa shape index (κ3) is 2.27. The lowest BCUT2D eigenvalue weighted by Crippen LogP contribution is -2.13. The van der Waals surface area contributed by atoms with Gasteiger partial charge in [0.05, 0.1) is 17.1 Å². The molecule has 0 aliphatic heterocycles. The van der Waals surface area contributed by atoms with Crippen LogP contribution in [0.1, 0.15) is 22.7 Å². The van der Waals surface area contributed by atoms with Crippen molar-refractivity contribution in [2.24, 2.45) is 5.73 Å². The van der Waals surface area contributed by atoms with Gasteiger partial charge in [0.15, 0.2) is 0 Å². The van der Waals surface area contributed by atoms with E-state index in [2.05, 4.69) is 45.5 Å². The van der Waals surface area contributed by atoms with Gasteiger partial charge in [0.25, 0.3) is 0 Å². The summed E-state index contributed by atoms with van der Waals surface area (Å²) in [4.78, 5) is 16.8. The van der Waals surface area contributed by atoms with Crippen molar-refractivity contribution < 1.29 is 0 Å². The Hall–Kier alpha value is -1.60. The van der Waals surface area contributed by atoms with Crippen LogP contribution in [0, 0.1) is 10.5 Å². The highest BCUT2D eigenvalue weighted by atomic mass is 127. The first kappa shape index (κ1) is 13.4. The smallest absolute Gasteiger partial charge is 0.320 e. The third-order valence-electron chi connectivity index (χ3n) is 3.46. The predicted molar refractivity (Wildman–Crippen MR) is 88.8 cm³/mol. The van der Waals surface area contributed by atoms with E-state index in [1.807, 2.05) is 30.3 Å². The summed E-state index contributed by atoms with van der Waals surface area (Å²) in [5.41, 5.74) is 11.1. The van der Waals surface area contributed by atoms with Gasteiger partial charge in [0, 0.05) is 3.57 Å². The number of fused-ring (bicyclic) bond motifs is 1. The number of nitrogens with one attached hydrogen (secondary N) is 2. The van der Waals surface area contributed by atoms with Crippen LogP contribution in [0.2, 0.25) is 0 Å². The summed E-state index contributed by atoms with van der Waals surface area (Å²) in [6, 6.07) is 11.7. The van der Waals surface area contributed by atoms with Gasteiger partial charge in [-0.05, 0) is 58.3 Å². The van der Waals surface area contributed by atoms with E-state index in [0.29, 0.717) is 0 Å². The molecule has 0 aliphatic carbocycles. The molecule has 0 aliphatic rings. The van der Waals surface area contributed by atoms with Crippen molar-refractivity contribution in [3.63, 3.8) is 0 Å². The second-order valence-electron chi connectivity index (χ2n) is 4.84. The molecule has 1 unspecified atom stereocenters. The van der Waals surface area contributed by atoms with Crippen LogP contribution in [0.25, 0.3) is 11.0 Å². The van der Waals surface area contributed by atoms with E-state index in [-0.39, 0.29) is 11.7 Å². The fraction of sp³-hybridized carbons (Fsp3) is 0.133. The van der Waals surface area contributed by atoms with E-state index in [4.69, 9.17) is 5.73 Å². The van der Waals surface area contributed by atoms with E-state index >= 15 is 0 Å². The average molecular weight is 379 g/mol. The Kier molecular flexibility index (Phi) is 3.39. The topological polar surface area (TPSA) is 74.7 Å². The van der Waals surface area contributed by atoms with Crippen molar-refractivity contribution in [3.05, 3.63) is 67.1 Å². The quantitative estimate of drug-likeness (QED) is 0.599. The number of nitrogens with two attached hydrogens (primary N) is 1. The van der Waals surface area contributed by atoms with E-state index in [0.717, 1.165) is 22.2 Å². The van der Waals surface area contributed by atoms with Crippen LogP contribution in [0.3, 0.4) is 0 Å². The van der Waals surface area contributed by atoms with Gasteiger partial charge < -0.3 is 15.7 Å². The Balaban J connectivity index is 2.09. The number of halogens is 1. The number of aromatic amines is 2. The maximum absolute atomic E-state index is 11.3. The molecule has 0 bridgehead atoms. The highest BCUT2D eigenvalue weighted by Gasteiger charge is 2.14. The van der Waals surface area contributed by atoms with Gasteiger partial charge in [-0.25, -0.2) is 4.79 Å². The lowest BCUT2D eigenvalue weighted by atomic mass is 9.98. The molecule has 5 heteroatoms. The molecule has 1 atom stereocenters. The van der Waals surface area contributed by atoms with Crippen molar-refractivity contribution in [3.8, 4) is 0 Å². The van der Waals surface area contributed by atoms with E-state index in [1.54, 1.807) is 0 Å². The third-order valence-corrected chi connectivity index (χ3v) is 4.93. The largest absolute Gasteiger partial charge is 0.323 e. The lowest BCUT2D eigenvalue weighted by Gasteiger charge is -2.15. The molecule has 4 nitrogen and oxygen atoms in total. The van der Waals surface area contributed by atoms with Crippen LogP contribution in [0.5, 0.6) is 0 Å². The lowest BCUT2D eigenvalue weighted by molar-refractivity contribution is 0.864. The van der Waals surface area contributed by atoms with Gasteiger partial charge >= 0.3 is 5.69 Å². The van der Waals surface area contributed by atoms with E-state index in [9.17, 15) is 4.79 Å². The molecular formula is C15H14IN3O. The molecule has 0 saturated heterocycles. The molecule has 102 valence electrons. The minimum atomic E-state index is -0.204. The fourth-order valence-corrected chi connectivity index (χ4v) is 3.03. The number of aryl methyl sites for hydroxylation is 1. The number of aromatic nitrogens is 2. The van der Waals surface area contributed by atoms with Crippen molar-refractivity contribution in [1.29, 1.82) is 0 Å². The number of H-pyrrole nitrogens is 2. The molecule has 3 aromatic rings. The van der Waals surface area contributed by atoms with Gasteiger partial charge in [-0.15, -0.1) is 0 Å². The zero-order chi connectivity index (χ0) is 14.3. The minimum absolute atomic E-state index is 0.198.